The van der Waals surface area contributed by atoms with Crippen molar-refractivity contribution in [3.8, 4) is 0 Å². The highest BCUT2D eigenvalue weighted by molar-refractivity contribution is 5.94. The molecule has 1 aromatic heterocycles. The lowest BCUT2D eigenvalue weighted by Crippen LogP contribution is -2.34. The first-order valence-electron chi connectivity index (χ1n) is 7.72. The topological polar surface area (TPSA) is 45.8 Å². The number of aliphatic imine (C=N–C) groups is 2. The summed E-state index contributed by atoms with van der Waals surface area (Å²) in [6.45, 7) is 17.1. The zero-order valence-electron chi connectivity index (χ0n) is 13.5. The molecular weight excluding hydrogens is 286 g/mol. The summed E-state index contributed by atoms with van der Waals surface area (Å²) >= 11 is 0. The summed E-state index contributed by atoms with van der Waals surface area (Å²) in [4.78, 5) is 15.5. The average Bonchev–Trinajstić information content (AvgIpc) is 2.94. The standard InChI is InChI=1S/C18H23N5/c1-5-15-16(14-19-7-3)23(8-4)18(20-15)21-17(6-2)22-12-10-9-11-13-22/h5-8,14H,1-4,9-13H2. The van der Waals surface area contributed by atoms with Crippen LogP contribution < -0.4 is 0 Å². The first kappa shape index (κ1) is 16.7. The van der Waals surface area contributed by atoms with Crippen molar-refractivity contribution in [2.45, 2.75) is 19.3 Å². The molecule has 0 radical (unpaired) electrons. The highest BCUT2D eigenvalue weighted by Gasteiger charge is 2.16. The van der Waals surface area contributed by atoms with E-state index in [9.17, 15) is 0 Å². The minimum absolute atomic E-state index is 0.542. The molecule has 5 heteroatoms. The van der Waals surface area contributed by atoms with Crippen LogP contribution in [0.4, 0.5) is 5.95 Å². The molecule has 1 fully saturated rings. The first-order valence-corrected chi connectivity index (χ1v) is 7.72. The maximum atomic E-state index is 4.68. The van der Waals surface area contributed by atoms with E-state index in [0.717, 1.165) is 24.6 Å². The van der Waals surface area contributed by atoms with Gasteiger partial charge >= 0.3 is 0 Å². The molecule has 1 saturated heterocycles. The molecule has 1 aromatic rings. The van der Waals surface area contributed by atoms with Crippen molar-refractivity contribution in [1.29, 1.82) is 0 Å². The van der Waals surface area contributed by atoms with Gasteiger partial charge in [-0.2, -0.15) is 4.99 Å². The molecule has 0 aromatic carbocycles. The Bertz CT molecular complexity index is 657. The Labute approximate surface area is 137 Å². The van der Waals surface area contributed by atoms with Crippen LogP contribution in [-0.4, -0.2) is 39.6 Å². The number of likely N-dealkylation sites (tertiary alicyclic amines) is 1. The molecule has 0 unspecified atom stereocenters. The predicted octanol–water partition coefficient (Wildman–Crippen LogP) is 3.89. The smallest absolute Gasteiger partial charge is 0.236 e. The molecule has 5 nitrogen and oxygen atoms in total. The molecule has 0 aliphatic carbocycles. The molecule has 0 saturated carbocycles. The van der Waals surface area contributed by atoms with Crippen LogP contribution in [0.15, 0.2) is 48.6 Å². The fraction of sp³-hybridized carbons (Fsp3) is 0.278. The summed E-state index contributed by atoms with van der Waals surface area (Å²) < 4.78 is 1.79. The van der Waals surface area contributed by atoms with Crippen LogP contribution in [0.1, 0.15) is 30.7 Å². The van der Waals surface area contributed by atoms with Gasteiger partial charge in [0.25, 0.3) is 0 Å². The Balaban J connectivity index is 2.46. The molecule has 0 spiro atoms. The fourth-order valence-corrected chi connectivity index (χ4v) is 2.58. The minimum Gasteiger partial charge on any atom is -0.357 e. The number of hydrogen-bond donors (Lipinski definition) is 0. The van der Waals surface area contributed by atoms with Crippen LogP contribution in [0.2, 0.25) is 0 Å². The van der Waals surface area contributed by atoms with Crippen molar-refractivity contribution in [3.05, 3.63) is 50.0 Å². The highest BCUT2D eigenvalue weighted by Crippen LogP contribution is 2.21. The number of imidazole rings is 1. The minimum atomic E-state index is 0.542. The zero-order valence-corrected chi connectivity index (χ0v) is 13.5. The quantitative estimate of drug-likeness (QED) is 0.591. The fourth-order valence-electron chi connectivity index (χ4n) is 2.58. The van der Waals surface area contributed by atoms with Gasteiger partial charge in [0.05, 0.1) is 17.6 Å². The van der Waals surface area contributed by atoms with Crippen molar-refractivity contribution in [2.24, 2.45) is 9.98 Å². The molecule has 120 valence electrons. The lowest BCUT2D eigenvalue weighted by molar-refractivity contribution is 0.343. The van der Waals surface area contributed by atoms with E-state index in [1.165, 1.54) is 25.5 Å². The molecule has 0 bridgehead atoms. The van der Waals surface area contributed by atoms with Crippen molar-refractivity contribution < 1.29 is 0 Å². The van der Waals surface area contributed by atoms with Crippen LogP contribution in [0.25, 0.3) is 12.3 Å². The molecule has 1 aliphatic rings. The Morgan fingerprint density at radius 3 is 2.39 bits per heavy atom. The van der Waals surface area contributed by atoms with E-state index < -0.39 is 0 Å². The third-order valence-electron chi connectivity index (χ3n) is 3.71. The Morgan fingerprint density at radius 2 is 1.83 bits per heavy atom. The molecule has 0 N–H and O–H groups in total. The van der Waals surface area contributed by atoms with Crippen LogP contribution in [-0.2, 0) is 0 Å². The lowest BCUT2D eigenvalue weighted by Gasteiger charge is -2.28. The van der Waals surface area contributed by atoms with Gasteiger partial charge in [-0.25, -0.2) is 4.98 Å². The summed E-state index contributed by atoms with van der Waals surface area (Å²) in [7, 11) is 0. The molecule has 1 aliphatic heterocycles. The van der Waals surface area contributed by atoms with Gasteiger partial charge in [0.15, 0.2) is 0 Å². The van der Waals surface area contributed by atoms with E-state index in [1.807, 2.05) is 0 Å². The van der Waals surface area contributed by atoms with E-state index in [1.54, 1.807) is 29.1 Å². The van der Waals surface area contributed by atoms with Crippen molar-refractivity contribution in [3.63, 3.8) is 0 Å². The van der Waals surface area contributed by atoms with Crippen molar-refractivity contribution >= 4 is 30.3 Å². The van der Waals surface area contributed by atoms with Crippen LogP contribution in [0.3, 0.4) is 0 Å². The van der Waals surface area contributed by atoms with Gasteiger partial charge in [-0.1, -0.05) is 26.3 Å². The van der Waals surface area contributed by atoms with Crippen LogP contribution in [0.5, 0.6) is 0 Å². The largest absolute Gasteiger partial charge is 0.357 e. The molecular formula is C18H23N5. The summed E-state index contributed by atoms with van der Waals surface area (Å²) in [6.07, 6.45) is 11.9. The van der Waals surface area contributed by atoms with E-state index >= 15 is 0 Å². The third kappa shape index (κ3) is 3.74. The van der Waals surface area contributed by atoms with Crippen LogP contribution in [0, 0.1) is 0 Å². The third-order valence-corrected chi connectivity index (χ3v) is 3.71. The first-order chi connectivity index (χ1) is 11.2. The van der Waals surface area contributed by atoms with Crippen molar-refractivity contribution in [1.82, 2.24) is 14.5 Å². The SMILES string of the molecule is C=CN=Cc1c(C=C)nc(N=C(C=C)N2CCCCC2)n1C=C. The van der Waals surface area contributed by atoms with E-state index in [0.29, 0.717) is 11.6 Å². The lowest BCUT2D eigenvalue weighted by atomic mass is 10.1. The number of rotatable bonds is 6. The number of hydrogen-bond acceptors (Lipinski definition) is 3. The summed E-state index contributed by atoms with van der Waals surface area (Å²) in [6, 6.07) is 0. The number of amidine groups is 1. The maximum absolute atomic E-state index is 4.68. The van der Waals surface area contributed by atoms with Gasteiger partial charge in [0.2, 0.25) is 5.95 Å². The van der Waals surface area contributed by atoms with Gasteiger partial charge in [-0.05, 0) is 31.4 Å². The summed E-state index contributed by atoms with van der Waals surface area (Å²) in [5.74, 6) is 1.38. The van der Waals surface area contributed by atoms with Gasteiger partial charge < -0.3 is 4.90 Å². The average molecular weight is 309 g/mol. The normalized spacial score (nSPS) is 15.7. The monoisotopic (exact) mass is 309 g/mol. The molecule has 2 rings (SSSR count). The molecule has 23 heavy (non-hydrogen) atoms. The Kier molecular flexibility index (Phi) is 5.86. The van der Waals surface area contributed by atoms with E-state index in [4.69, 9.17) is 0 Å². The highest BCUT2D eigenvalue weighted by atomic mass is 15.2. The molecule has 0 amide bonds. The van der Waals surface area contributed by atoms with Gasteiger partial charge in [0, 0.05) is 25.5 Å². The van der Waals surface area contributed by atoms with Gasteiger partial charge in [0.1, 0.15) is 5.84 Å². The number of aromatic nitrogens is 2. The second kappa shape index (κ2) is 8.08. The second-order valence-corrected chi connectivity index (χ2v) is 5.12. The van der Waals surface area contributed by atoms with Gasteiger partial charge in [-0.3, -0.25) is 9.56 Å². The molecule has 0 atom stereocenters. The summed E-state index contributed by atoms with van der Waals surface area (Å²) in [5, 5.41) is 0. The summed E-state index contributed by atoms with van der Waals surface area (Å²) in [5.41, 5.74) is 1.48. The van der Waals surface area contributed by atoms with Gasteiger partial charge in [-0.15, -0.1) is 0 Å². The van der Waals surface area contributed by atoms with E-state index in [2.05, 4.69) is 46.2 Å². The Morgan fingerprint density at radius 1 is 1.09 bits per heavy atom. The number of piperidine rings is 1. The van der Waals surface area contributed by atoms with E-state index in [-0.39, 0.29) is 0 Å². The Hall–Kier alpha value is -2.69. The second-order valence-electron chi connectivity index (χ2n) is 5.12. The zero-order chi connectivity index (χ0) is 16.7. The predicted molar refractivity (Wildman–Crippen MR) is 99.2 cm³/mol. The maximum Gasteiger partial charge on any atom is 0.236 e. The van der Waals surface area contributed by atoms with Crippen molar-refractivity contribution in [2.75, 3.05) is 13.1 Å². The number of nitrogens with zero attached hydrogens (tertiary/aromatic N) is 5. The molecule has 2 heterocycles. The van der Waals surface area contributed by atoms with Crippen LogP contribution >= 0.6 is 0 Å².